The van der Waals surface area contributed by atoms with Crippen molar-refractivity contribution in [1.82, 2.24) is 15.5 Å². The van der Waals surface area contributed by atoms with Crippen molar-refractivity contribution in [1.29, 1.82) is 0 Å². The Morgan fingerprint density at radius 3 is 2.69 bits per heavy atom. The Balaban J connectivity index is 1.36. The summed E-state index contributed by atoms with van der Waals surface area (Å²) in [6.07, 6.45) is 7.38. The first-order chi connectivity index (χ1) is 14.1. The van der Waals surface area contributed by atoms with Gasteiger partial charge in [0.2, 0.25) is 5.91 Å². The van der Waals surface area contributed by atoms with E-state index < -0.39 is 0 Å². The van der Waals surface area contributed by atoms with E-state index in [0.29, 0.717) is 12.5 Å². The van der Waals surface area contributed by atoms with Gasteiger partial charge in [0.25, 0.3) is 0 Å². The first kappa shape index (κ1) is 20.2. The summed E-state index contributed by atoms with van der Waals surface area (Å²) in [7, 11) is 0. The van der Waals surface area contributed by atoms with E-state index >= 15 is 0 Å². The molecular formula is C23H33FN4O. The van der Waals surface area contributed by atoms with E-state index in [1.807, 2.05) is 24.0 Å². The molecule has 3 aliphatic rings. The second kappa shape index (κ2) is 8.72. The molecule has 0 radical (unpaired) electrons. The summed E-state index contributed by atoms with van der Waals surface area (Å²) < 4.78 is 14.3. The molecule has 0 spiro atoms. The van der Waals surface area contributed by atoms with E-state index in [1.54, 1.807) is 6.07 Å². The van der Waals surface area contributed by atoms with Crippen molar-refractivity contribution >= 4 is 11.9 Å². The van der Waals surface area contributed by atoms with Crippen LogP contribution < -0.4 is 10.6 Å². The van der Waals surface area contributed by atoms with Crippen LogP contribution in [0.5, 0.6) is 0 Å². The van der Waals surface area contributed by atoms with Gasteiger partial charge >= 0.3 is 0 Å². The average molecular weight is 401 g/mol. The number of halogens is 1. The highest BCUT2D eigenvalue weighted by atomic mass is 19.1. The lowest BCUT2D eigenvalue weighted by Gasteiger charge is -2.22. The fourth-order valence-corrected chi connectivity index (χ4v) is 4.81. The van der Waals surface area contributed by atoms with E-state index in [9.17, 15) is 9.18 Å². The molecule has 0 bridgehead atoms. The molecule has 3 fully saturated rings. The summed E-state index contributed by atoms with van der Waals surface area (Å²) >= 11 is 0. The molecule has 29 heavy (non-hydrogen) atoms. The second-order valence-corrected chi connectivity index (χ2v) is 8.85. The van der Waals surface area contributed by atoms with Crippen molar-refractivity contribution in [3.05, 3.63) is 35.6 Å². The Morgan fingerprint density at radius 2 is 2.00 bits per heavy atom. The zero-order chi connectivity index (χ0) is 20.3. The molecule has 2 aliphatic carbocycles. The van der Waals surface area contributed by atoms with Gasteiger partial charge in [-0.2, -0.15) is 0 Å². The smallest absolute Gasteiger partial charge is 0.225 e. The Labute approximate surface area is 173 Å². The second-order valence-electron chi connectivity index (χ2n) is 8.85. The number of benzene rings is 1. The van der Waals surface area contributed by atoms with Crippen LogP contribution in [-0.4, -0.2) is 49.0 Å². The minimum atomic E-state index is -0.159. The normalized spacial score (nSPS) is 24.0. The molecule has 1 atom stereocenters. The minimum absolute atomic E-state index is 0.130. The summed E-state index contributed by atoms with van der Waals surface area (Å²) in [6.45, 7) is 4.98. The third-order valence-electron chi connectivity index (χ3n) is 6.73. The number of rotatable bonds is 6. The van der Waals surface area contributed by atoms with E-state index in [0.717, 1.165) is 63.3 Å². The number of carbonyl (C=O) groups is 1. The monoisotopic (exact) mass is 400 g/mol. The predicted molar refractivity (Wildman–Crippen MR) is 113 cm³/mol. The maximum absolute atomic E-state index is 14.3. The number of amides is 1. The van der Waals surface area contributed by atoms with Crippen molar-refractivity contribution in [2.24, 2.45) is 10.9 Å². The molecular weight excluding hydrogens is 367 g/mol. The number of hydrogen-bond acceptors (Lipinski definition) is 2. The number of carbonyl (C=O) groups excluding carboxylic acids is 1. The van der Waals surface area contributed by atoms with E-state index in [1.165, 1.54) is 18.9 Å². The van der Waals surface area contributed by atoms with Crippen molar-refractivity contribution in [3.8, 4) is 0 Å². The molecule has 6 heteroatoms. The van der Waals surface area contributed by atoms with Crippen LogP contribution in [0.1, 0.15) is 57.4 Å². The number of nitrogens with zero attached hydrogens (tertiary/aromatic N) is 2. The van der Waals surface area contributed by atoms with Crippen molar-refractivity contribution in [3.63, 3.8) is 0 Å². The number of hydrogen-bond donors (Lipinski definition) is 2. The largest absolute Gasteiger partial charge is 0.357 e. The predicted octanol–water partition coefficient (Wildman–Crippen LogP) is 3.20. The summed E-state index contributed by atoms with van der Waals surface area (Å²) in [5, 5.41) is 6.83. The van der Waals surface area contributed by atoms with Crippen LogP contribution in [0, 0.1) is 11.7 Å². The van der Waals surface area contributed by atoms with Crippen LogP contribution in [0.25, 0.3) is 0 Å². The van der Waals surface area contributed by atoms with Gasteiger partial charge in [0.15, 0.2) is 5.96 Å². The summed E-state index contributed by atoms with van der Waals surface area (Å²) in [6, 6.07) is 7.29. The Hall–Kier alpha value is -2.11. The maximum atomic E-state index is 14.3. The van der Waals surface area contributed by atoms with Crippen LogP contribution in [0.15, 0.2) is 29.3 Å². The zero-order valence-corrected chi connectivity index (χ0v) is 17.4. The molecule has 5 nitrogen and oxygen atoms in total. The van der Waals surface area contributed by atoms with Gasteiger partial charge in [-0.1, -0.05) is 31.0 Å². The van der Waals surface area contributed by atoms with Gasteiger partial charge < -0.3 is 15.5 Å². The Kier molecular flexibility index (Phi) is 6.07. The Morgan fingerprint density at radius 1 is 1.24 bits per heavy atom. The SMILES string of the molecule is CCNC(=NCC1(c2ccccc2F)CC1)NC1CCN(C(=O)C2CCCC2)C1. The molecule has 1 aliphatic heterocycles. The molecule has 1 aromatic rings. The molecule has 1 heterocycles. The molecule has 158 valence electrons. The van der Waals surface area contributed by atoms with Crippen molar-refractivity contribution < 1.29 is 9.18 Å². The van der Waals surface area contributed by atoms with Crippen LogP contribution in [-0.2, 0) is 10.2 Å². The average Bonchev–Trinajstić information content (AvgIpc) is 3.11. The maximum Gasteiger partial charge on any atom is 0.225 e. The topological polar surface area (TPSA) is 56.7 Å². The fourth-order valence-electron chi connectivity index (χ4n) is 4.81. The first-order valence-corrected chi connectivity index (χ1v) is 11.2. The number of likely N-dealkylation sites (tertiary alicyclic amines) is 1. The molecule has 1 amide bonds. The van der Waals surface area contributed by atoms with E-state index in [4.69, 9.17) is 4.99 Å². The third-order valence-corrected chi connectivity index (χ3v) is 6.73. The molecule has 1 saturated heterocycles. The highest BCUT2D eigenvalue weighted by Crippen LogP contribution is 2.49. The lowest BCUT2D eigenvalue weighted by Crippen LogP contribution is -2.45. The van der Waals surface area contributed by atoms with Gasteiger partial charge in [0.05, 0.1) is 6.54 Å². The summed E-state index contributed by atoms with van der Waals surface area (Å²) in [4.78, 5) is 19.5. The lowest BCUT2D eigenvalue weighted by molar-refractivity contribution is -0.134. The Bertz CT molecular complexity index is 755. The lowest BCUT2D eigenvalue weighted by atomic mass is 9.95. The molecule has 2 saturated carbocycles. The van der Waals surface area contributed by atoms with Crippen LogP contribution in [0.4, 0.5) is 4.39 Å². The highest BCUT2D eigenvalue weighted by molar-refractivity contribution is 5.81. The van der Waals surface area contributed by atoms with Crippen LogP contribution in [0.2, 0.25) is 0 Å². The molecule has 1 unspecified atom stereocenters. The zero-order valence-electron chi connectivity index (χ0n) is 17.4. The van der Waals surface area contributed by atoms with Gasteiger partial charge in [-0.3, -0.25) is 9.79 Å². The standard InChI is InChI=1S/C23H33FN4O/c1-2-25-22(26-16-23(12-13-23)19-9-5-6-10-20(19)24)27-18-11-14-28(15-18)21(29)17-7-3-4-8-17/h5-6,9-10,17-18H,2-4,7-8,11-16H2,1H3,(H2,25,26,27). The van der Waals surface area contributed by atoms with Crippen LogP contribution >= 0.6 is 0 Å². The van der Waals surface area contributed by atoms with E-state index in [-0.39, 0.29) is 23.2 Å². The fraction of sp³-hybridized carbons (Fsp3) is 0.652. The number of nitrogens with one attached hydrogen (secondary N) is 2. The first-order valence-electron chi connectivity index (χ1n) is 11.2. The van der Waals surface area contributed by atoms with Gasteiger partial charge in [0, 0.05) is 37.0 Å². The van der Waals surface area contributed by atoms with Gasteiger partial charge in [0.1, 0.15) is 5.82 Å². The van der Waals surface area contributed by atoms with Crippen LogP contribution in [0.3, 0.4) is 0 Å². The van der Waals surface area contributed by atoms with Gasteiger partial charge in [-0.25, -0.2) is 4.39 Å². The van der Waals surface area contributed by atoms with E-state index in [2.05, 4.69) is 10.6 Å². The van der Waals surface area contributed by atoms with Gasteiger partial charge in [-0.15, -0.1) is 0 Å². The van der Waals surface area contributed by atoms with Crippen molar-refractivity contribution in [2.45, 2.75) is 63.3 Å². The third kappa shape index (κ3) is 4.57. The van der Waals surface area contributed by atoms with Crippen molar-refractivity contribution in [2.75, 3.05) is 26.2 Å². The molecule has 2 N–H and O–H groups in total. The number of guanidine groups is 1. The number of aliphatic imine (C=N–C) groups is 1. The summed E-state index contributed by atoms with van der Waals surface area (Å²) in [5.74, 6) is 1.22. The quantitative estimate of drug-likeness (QED) is 0.570. The van der Waals surface area contributed by atoms with Gasteiger partial charge in [-0.05, 0) is 50.7 Å². The highest BCUT2D eigenvalue weighted by Gasteiger charge is 2.46. The summed E-state index contributed by atoms with van der Waals surface area (Å²) in [5.41, 5.74) is 0.627. The molecule has 4 rings (SSSR count). The molecule has 1 aromatic carbocycles. The molecule has 0 aromatic heterocycles. The minimum Gasteiger partial charge on any atom is -0.357 e.